The molecule has 1 aromatic carbocycles. The SMILES string of the molecule is O=C(CCc1cnn(-c2ccccc2)c1)N1CCC2CCC(C1)N2. The minimum atomic E-state index is 0.275. The molecule has 1 N–H and O–H groups in total. The number of fused-ring (bicyclic) bond motifs is 2. The summed E-state index contributed by atoms with van der Waals surface area (Å²) in [4.78, 5) is 14.6. The zero-order valence-corrected chi connectivity index (χ0v) is 13.9. The topological polar surface area (TPSA) is 50.2 Å². The Morgan fingerprint density at radius 1 is 1.17 bits per heavy atom. The van der Waals surface area contributed by atoms with E-state index in [0.717, 1.165) is 37.2 Å². The predicted molar refractivity (Wildman–Crippen MR) is 93.0 cm³/mol. The van der Waals surface area contributed by atoms with Crippen LogP contribution in [0, 0.1) is 0 Å². The maximum atomic E-state index is 12.5. The zero-order valence-electron chi connectivity index (χ0n) is 13.9. The average molecular weight is 324 g/mol. The number of hydrogen-bond acceptors (Lipinski definition) is 3. The summed E-state index contributed by atoms with van der Waals surface area (Å²) < 4.78 is 1.87. The van der Waals surface area contributed by atoms with Gasteiger partial charge in [0.05, 0.1) is 11.9 Å². The molecular formula is C19H24N4O. The molecule has 5 heteroatoms. The minimum Gasteiger partial charge on any atom is -0.341 e. The van der Waals surface area contributed by atoms with Crippen molar-refractivity contribution in [2.45, 2.75) is 44.2 Å². The van der Waals surface area contributed by atoms with Crippen molar-refractivity contribution >= 4 is 5.91 Å². The zero-order chi connectivity index (χ0) is 16.4. The van der Waals surface area contributed by atoms with E-state index in [1.54, 1.807) is 0 Å². The first-order valence-corrected chi connectivity index (χ1v) is 8.91. The number of rotatable bonds is 4. The molecule has 2 aromatic rings. The van der Waals surface area contributed by atoms with E-state index in [9.17, 15) is 4.79 Å². The summed E-state index contributed by atoms with van der Waals surface area (Å²) in [5, 5.41) is 8.03. The van der Waals surface area contributed by atoms with Gasteiger partial charge in [-0.15, -0.1) is 0 Å². The molecule has 2 bridgehead atoms. The second kappa shape index (κ2) is 6.77. The molecule has 3 heterocycles. The van der Waals surface area contributed by atoms with Crippen molar-refractivity contribution in [2.75, 3.05) is 13.1 Å². The van der Waals surface area contributed by atoms with Crippen LogP contribution in [0.25, 0.3) is 5.69 Å². The fourth-order valence-corrected chi connectivity index (χ4v) is 3.79. The largest absolute Gasteiger partial charge is 0.341 e. The third-order valence-corrected chi connectivity index (χ3v) is 5.16. The van der Waals surface area contributed by atoms with E-state index in [0.29, 0.717) is 18.5 Å². The highest BCUT2D eigenvalue weighted by Crippen LogP contribution is 2.21. The number of carbonyl (C=O) groups excluding carboxylic acids is 1. The number of aromatic nitrogens is 2. The van der Waals surface area contributed by atoms with Gasteiger partial charge in [-0.25, -0.2) is 4.68 Å². The molecule has 126 valence electrons. The lowest BCUT2D eigenvalue weighted by Crippen LogP contribution is -2.39. The molecule has 2 fully saturated rings. The van der Waals surface area contributed by atoms with E-state index in [1.807, 2.05) is 47.4 Å². The number of nitrogens with zero attached hydrogens (tertiary/aromatic N) is 3. The summed E-state index contributed by atoms with van der Waals surface area (Å²) >= 11 is 0. The van der Waals surface area contributed by atoms with E-state index >= 15 is 0 Å². The molecule has 2 unspecified atom stereocenters. The second-order valence-electron chi connectivity index (χ2n) is 6.89. The van der Waals surface area contributed by atoms with Gasteiger partial charge in [0.25, 0.3) is 0 Å². The molecule has 2 atom stereocenters. The Labute approximate surface area is 142 Å². The van der Waals surface area contributed by atoms with Gasteiger partial charge in [-0.2, -0.15) is 5.10 Å². The van der Waals surface area contributed by atoms with Crippen LogP contribution in [0.5, 0.6) is 0 Å². The van der Waals surface area contributed by atoms with Crippen LogP contribution >= 0.6 is 0 Å². The Bertz CT molecular complexity index is 696. The standard InChI is InChI=1S/C19H24N4O/c24-19(22-11-10-16-7-8-17(14-22)21-16)9-6-15-12-20-23(13-15)18-4-2-1-3-5-18/h1-5,12-13,16-17,21H,6-11,14H2. The lowest BCUT2D eigenvalue weighted by Gasteiger charge is -2.24. The van der Waals surface area contributed by atoms with Crippen LogP contribution in [0.1, 0.15) is 31.2 Å². The van der Waals surface area contributed by atoms with E-state index in [2.05, 4.69) is 15.3 Å². The first-order chi connectivity index (χ1) is 11.8. The van der Waals surface area contributed by atoms with Gasteiger partial charge in [-0.1, -0.05) is 18.2 Å². The maximum absolute atomic E-state index is 12.5. The Kier molecular flexibility index (Phi) is 4.34. The summed E-state index contributed by atoms with van der Waals surface area (Å²) in [7, 11) is 0. The molecule has 2 aliphatic rings. The number of benzene rings is 1. The van der Waals surface area contributed by atoms with Crippen molar-refractivity contribution in [1.82, 2.24) is 20.0 Å². The molecule has 0 radical (unpaired) electrons. The summed E-state index contributed by atoms with van der Waals surface area (Å²) in [5.41, 5.74) is 2.16. The number of hydrogen-bond donors (Lipinski definition) is 1. The van der Waals surface area contributed by atoms with E-state index < -0.39 is 0 Å². The van der Waals surface area contributed by atoms with Gasteiger partial charge in [-0.3, -0.25) is 4.79 Å². The predicted octanol–water partition coefficient (Wildman–Crippen LogP) is 2.16. The van der Waals surface area contributed by atoms with E-state index in [1.165, 1.54) is 12.8 Å². The summed E-state index contributed by atoms with van der Waals surface area (Å²) in [5.74, 6) is 0.275. The molecule has 0 aliphatic carbocycles. The highest BCUT2D eigenvalue weighted by Gasteiger charge is 2.30. The van der Waals surface area contributed by atoms with E-state index in [-0.39, 0.29) is 5.91 Å². The minimum absolute atomic E-state index is 0.275. The molecule has 0 spiro atoms. The smallest absolute Gasteiger partial charge is 0.222 e. The number of nitrogens with one attached hydrogen (secondary N) is 1. The lowest BCUT2D eigenvalue weighted by atomic mass is 10.1. The summed E-state index contributed by atoms with van der Waals surface area (Å²) in [6.07, 6.45) is 8.78. The highest BCUT2D eigenvalue weighted by atomic mass is 16.2. The fraction of sp³-hybridized carbons (Fsp3) is 0.474. The molecule has 24 heavy (non-hydrogen) atoms. The van der Waals surface area contributed by atoms with Gasteiger partial charge in [0.15, 0.2) is 0 Å². The van der Waals surface area contributed by atoms with Gasteiger partial charge < -0.3 is 10.2 Å². The van der Waals surface area contributed by atoms with Gasteiger partial charge in [0.1, 0.15) is 0 Å². The molecule has 1 amide bonds. The lowest BCUT2D eigenvalue weighted by molar-refractivity contribution is -0.131. The maximum Gasteiger partial charge on any atom is 0.222 e. The quantitative estimate of drug-likeness (QED) is 0.937. The Hall–Kier alpha value is -2.14. The third kappa shape index (κ3) is 3.36. The van der Waals surface area contributed by atoms with Crippen LogP contribution in [0.3, 0.4) is 0 Å². The van der Waals surface area contributed by atoms with Crippen molar-refractivity contribution in [3.8, 4) is 5.69 Å². The number of amides is 1. The highest BCUT2D eigenvalue weighted by molar-refractivity contribution is 5.76. The molecule has 0 saturated carbocycles. The van der Waals surface area contributed by atoms with Gasteiger partial charge in [-0.05, 0) is 43.4 Å². The van der Waals surface area contributed by atoms with Gasteiger partial charge >= 0.3 is 0 Å². The molecule has 2 saturated heterocycles. The Balaban J connectivity index is 1.33. The van der Waals surface area contributed by atoms with Crippen LogP contribution in [0.15, 0.2) is 42.7 Å². The van der Waals surface area contributed by atoms with Crippen LogP contribution in [-0.2, 0) is 11.2 Å². The van der Waals surface area contributed by atoms with Crippen LogP contribution in [0.2, 0.25) is 0 Å². The van der Waals surface area contributed by atoms with E-state index in [4.69, 9.17) is 0 Å². The third-order valence-electron chi connectivity index (χ3n) is 5.16. The van der Waals surface area contributed by atoms with Crippen molar-refractivity contribution in [1.29, 1.82) is 0 Å². The molecular weight excluding hydrogens is 300 g/mol. The number of para-hydroxylation sites is 1. The molecule has 5 nitrogen and oxygen atoms in total. The second-order valence-corrected chi connectivity index (χ2v) is 6.89. The number of aryl methyl sites for hydroxylation is 1. The fourth-order valence-electron chi connectivity index (χ4n) is 3.79. The van der Waals surface area contributed by atoms with Crippen molar-refractivity contribution in [3.63, 3.8) is 0 Å². The van der Waals surface area contributed by atoms with Crippen molar-refractivity contribution in [3.05, 3.63) is 48.3 Å². The molecule has 4 rings (SSSR count). The number of likely N-dealkylation sites (tertiary alicyclic amines) is 1. The monoisotopic (exact) mass is 324 g/mol. The Morgan fingerprint density at radius 2 is 2.00 bits per heavy atom. The van der Waals surface area contributed by atoms with Gasteiger partial charge in [0, 0.05) is 37.8 Å². The van der Waals surface area contributed by atoms with Crippen molar-refractivity contribution < 1.29 is 4.79 Å². The first kappa shape index (κ1) is 15.4. The summed E-state index contributed by atoms with van der Waals surface area (Å²) in [6, 6.07) is 11.2. The van der Waals surface area contributed by atoms with Crippen LogP contribution < -0.4 is 5.32 Å². The normalized spacial score (nSPS) is 23.2. The van der Waals surface area contributed by atoms with Crippen LogP contribution in [0.4, 0.5) is 0 Å². The average Bonchev–Trinajstić information content (AvgIpc) is 3.20. The van der Waals surface area contributed by atoms with Crippen LogP contribution in [-0.4, -0.2) is 45.8 Å². The number of carbonyl (C=O) groups is 1. The summed E-state index contributed by atoms with van der Waals surface area (Å²) in [6.45, 7) is 1.77. The van der Waals surface area contributed by atoms with Gasteiger partial charge in [0.2, 0.25) is 5.91 Å². The molecule has 2 aliphatic heterocycles. The first-order valence-electron chi connectivity index (χ1n) is 8.91. The Morgan fingerprint density at radius 3 is 2.88 bits per heavy atom. The van der Waals surface area contributed by atoms with Crippen molar-refractivity contribution in [2.24, 2.45) is 0 Å². The molecule has 1 aromatic heterocycles.